The predicted molar refractivity (Wildman–Crippen MR) is 204 cm³/mol. The molecule has 5 aromatic rings. The largest absolute Gasteiger partial charge is 0.453 e. The number of nitrogens with zero attached hydrogens (tertiary/aromatic N) is 4. The number of nitrogens with one attached hydrogen (secondary N) is 3. The quantitative estimate of drug-likeness (QED) is 0.155. The van der Waals surface area contributed by atoms with E-state index in [-0.39, 0.29) is 42.1 Å². The number of likely N-dealkylation sites (tertiary alicyclic amines) is 2. The molecular weight excluding hydrogens is 683 g/mol. The Morgan fingerprint density at radius 3 is 2.13 bits per heavy atom. The second-order valence-corrected chi connectivity index (χ2v) is 16.9. The molecule has 9 rings (SSSR count). The molecule has 2 aliphatic carbocycles. The van der Waals surface area contributed by atoms with Crippen LogP contribution in [0.15, 0.2) is 60.8 Å². The van der Waals surface area contributed by atoms with E-state index in [0.717, 1.165) is 81.5 Å². The Bertz CT molecular complexity index is 2300. The SMILES string of the molecule is COC(=O)NC(C(=O)N1[C@@H]2C[C@@H]2C[C@H]1c1ncc(-c2ccc3cc(-c4ccc5nc([C@@H]6C[C@H]7C[C@H]7N6C(=O)OC(C)(C)C)[nH]c5c4)ccc3c2)[nH]1)C(C)C. The first-order chi connectivity index (χ1) is 25.8. The van der Waals surface area contributed by atoms with Crippen LogP contribution in [-0.4, -0.2) is 78.7 Å². The zero-order valence-corrected chi connectivity index (χ0v) is 31.6. The van der Waals surface area contributed by atoms with Gasteiger partial charge in [-0.15, -0.1) is 0 Å². The van der Waals surface area contributed by atoms with Crippen LogP contribution in [0.5, 0.6) is 0 Å². The van der Waals surface area contributed by atoms with Gasteiger partial charge in [-0.05, 0) is 110 Å². The summed E-state index contributed by atoms with van der Waals surface area (Å²) in [6.45, 7) is 9.56. The zero-order chi connectivity index (χ0) is 37.6. The molecule has 2 saturated carbocycles. The first kappa shape index (κ1) is 34.4. The lowest BCUT2D eigenvalue weighted by Gasteiger charge is -2.31. The van der Waals surface area contributed by atoms with Crippen molar-refractivity contribution in [1.29, 1.82) is 0 Å². The van der Waals surface area contributed by atoms with Crippen molar-refractivity contribution in [1.82, 2.24) is 35.1 Å². The fourth-order valence-corrected chi connectivity index (χ4v) is 8.77. The second kappa shape index (κ2) is 12.6. The van der Waals surface area contributed by atoms with Gasteiger partial charge in [0.15, 0.2) is 0 Å². The topological polar surface area (TPSA) is 146 Å². The Morgan fingerprint density at radius 2 is 1.44 bits per heavy atom. The Hall–Kier alpha value is -5.39. The summed E-state index contributed by atoms with van der Waals surface area (Å²) in [7, 11) is 1.31. The number of imidazole rings is 2. The number of methoxy groups -OCH3 is 1. The molecule has 1 unspecified atom stereocenters. The first-order valence-electron chi connectivity index (χ1n) is 19.1. The molecule has 3 aromatic carbocycles. The number of hydrogen-bond acceptors (Lipinski definition) is 7. The van der Waals surface area contributed by atoms with Gasteiger partial charge in [0.1, 0.15) is 23.3 Å². The van der Waals surface area contributed by atoms with Crippen LogP contribution < -0.4 is 5.32 Å². The maximum Gasteiger partial charge on any atom is 0.411 e. The van der Waals surface area contributed by atoms with Gasteiger partial charge >= 0.3 is 12.2 Å². The van der Waals surface area contributed by atoms with E-state index in [1.807, 2.05) is 56.7 Å². The maximum absolute atomic E-state index is 13.8. The average molecular weight is 730 g/mol. The van der Waals surface area contributed by atoms with E-state index in [2.05, 4.69) is 63.8 Å². The van der Waals surface area contributed by atoms with Crippen molar-refractivity contribution in [3.05, 3.63) is 72.4 Å². The highest BCUT2D eigenvalue weighted by molar-refractivity contribution is 5.92. The van der Waals surface area contributed by atoms with Gasteiger partial charge in [-0.3, -0.25) is 9.69 Å². The Balaban J connectivity index is 0.928. The van der Waals surface area contributed by atoms with E-state index in [0.29, 0.717) is 11.8 Å². The smallest absolute Gasteiger partial charge is 0.411 e. The van der Waals surface area contributed by atoms with E-state index in [4.69, 9.17) is 19.4 Å². The number of alkyl carbamates (subject to hydrolysis) is 1. The zero-order valence-electron chi connectivity index (χ0n) is 31.6. The molecule has 3 N–H and O–H groups in total. The predicted octanol–water partition coefficient (Wildman–Crippen LogP) is 7.89. The number of ether oxygens (including phenoxy) is 2. The Morgan fingerprint density at radius 1 is 0.815 bits per heavy atom. The lowest BCUT2D eigenvalue weighted by molar-refractivity contribution is -0.136. The summed E-state index contributed by atoms with van der Waals surface area (Å²) in [5, 5.41) is 4.96. The van der Waals surface area contributed by atoms with Crippen molar-refractivity contribution in [3.63, 3.8) is 0 Å². The minimum absolute atomic E-state index is 0.0905. The third kappa shape index (κ3) is 6.15. The van der Waals surface area contributed by atoms with Crippen molar-refractivity contribution in [2.45, 2.75) is 96.1 Å². The summed E-state index contributed by atoms with van der Waals surface area (Å²) in [5.41, 5.74) is 5.35. The third-order valence-electron chi connectivity index (χ3n) is 11.7. The number of carbonyl (C=O) groups excluding carboxylic acids is 3. The molecule has 0 bridgehead atoms. The molecule has 54 heavy (non-hydrogen) atoms. The molecule has 7 atom stereocenters. The van der Waals surface area contributed by atoms with Crippen molar-refractivity contribution >= 4 is 39.9 Å². The standard InChI is InChI=1S/C42H47N7O5/c1-21(2)36(47-40(51)53-6)39(50)48-32-16-27(32)18-34(48)37-43-20-31(46-37)26-10-9-22-13-23(7-8-24(22)14-26)25-11-12-29-30(15-25)45-38(44-29)35-19-28-17-33(28)49(35)41(52)54-42(3,4)5/h7-15,20-21,27-28,32-36H,16-19H2,1-6H3,(H,43,46)(H,44,45)(H,47,51)/t27-,28-,32-,33-,34+,35+,36?/m1/s1. The monoisotopic (exact) mass is 729 g/mol. The minimum Gasteiger partial charge on any atom is -0.453 e. The highest BCUT2D eigenvalue weighted by atomic mass is 16.6. The number of H-pyrrole nitrogens is 2. The van der Waals surface area contributed by atoms with Crippen LogP contribution in [0.1, 0.15) is 84.0 Å². The van der Waals surface area contributed by atoms with Gasteiger partial charge in [0, 0.05) is 17.6 Å². The molecule has 4 heterocycles. The number of fused-ring (bicyclic) bond motifs is 4. The first-order valence-corrected chi connectivity index (χ1v) is 19.1. The Kier molecular flexibility index (Phi) is 8.02. The average Bonchev–Trinajstić information content (AvgIpc) is 3.76. The Labute approximate surface area is 314 Å². The number of aromatic amines is 2. The molecule has 2 saturated heterocycles. The fraction of sp³-hybridized carbons (Fsp3) is 0.452. The highest BCUT2D eigenvalue weighted by Crippen LogP contribution is 2.54. The van der Waals surface area contributed by atoms with Crippen molar-refractivity contribution < 1.29 is 23.9 Å². The van der Waals surface area contributed by atoms with Crippen LogP contribution in [0.4, 0.5) is 9.59 Å². The van der Waals surface area contributed by atoms with Crippen molar-refractivity contribution in [2.24, 2.45) is 17.8 Å². The van der Waals surface area contributed by atoms with Gasteiger partial charge < -0.3 is 29.7 Å². The van der Waals surface area contributed by atoms with Gasteiger partial charge in [0.2, 0.25) is 5.91 Å². The van der Waals surface area contributed by atoms with Crippen LogP contribution >= 0.6 is 0 Å². The van der Waals surface area contributed by atoms with Gasteiger partial charge in [0.05, 0.1) is 42.1 Å². The minimum atomic E-state index is -0.669. The molecular formula is C42H47N7O5. The van der Waals surface area contributed by atoms with E-state index >= 15 is 0 Å². The molecule has 2 aliphatic heterocycles. The molecule has 4 aliphatic rings. The normalized spacial score (nSPS) is 24.8. The summed E-state index contributed by atoms with van der Waals surface area (Å²) in [4.78, 5) is 59.6. The van der Waals surface area contributed by atoms with Crippen LogP contribution in [0.2, 0.25) is 0 Å². The molecule has 0 radical (unpaired) electrons. The summed E-state index contributed by atoms with van der Waals surface area (Å²) in [6.07, 6.45) is 4.75. The number of carbonyl (C=O) groups is 3. The molecule has 0 spiro atoms. The van der Waals surface area contributed by atoms with E-state index < -0.39 is 17.7 Å². The van der Waals surface area contributed by atoms with Crippen molar-refractivity contribution in [2.75, 3.05) is 7.11 Å². The van der Waals surface area contributed by atoms with Crippen LogP contribution in [-0.2, 0) is 14.3 Å². The molecule has 2 aromatic heterocycles. The van der Waals surface area contributed by atoms with E-state index in [1.54, 1.807) is 0 Å². The summed E-state index contributed by atoms with van der Waals surface area (Å²) < 4.78 is 10.6. The maximum atomic E-state index is 13.8. The number of benzene rings is 3. The number of aromatic nitrogens is 4. The molecule has 12 nitrogen and oxygen atoms in total. The number of rotatable bonds is 7. The van der Waals surface area contributed by atoms with Gasteiger partial charge in [0.25, 0.3) is 0 Å². The summed E-state index contributed by atoms with van der Waals surface area (Å²) >= 11 is 0. The number of hydrogen-bond donors (Lipinski definition) is 3. The van der Waals surface area contributed by atoms with Gasteiger partial charge in [-0.25, -0.2) is 19.6 Å². The molecule has 3 amide bonds. The number of amides is 3. The lowest BCUT2D eigenvalue weighted by atomic mass is 9.99. The fourth-order valence-electron chi connectivity index (χ4n) is 8.77. The van der Waals surface area contributed by atoms with Crippen molar-refractivity contribution in [3.8, 4) is 22.4 Å². The van der Waals surface area contributed by atoms with Gasteiger partial charge in [-0.2, -0.15) is 0 Å². The lowest BCUT2D eigenvalue weighted by Crippen LogP contribution is -2.52. The third-order valence-corrected chi connectivity index (χ3v) is 11.7. The molecule has 280 valence electrons. The number of piperidine rings is 2. The molecule has 12 heteroatoms. The molecule has 4 fully saturated rings. The van der Waals surface area contributed by atoms with Crippen LogP contribution in [0.25, 0.3) is 44.2 Å². The van der Waals surface area contributed by atoms with Crippen LogP contribution in [0.3, 0.4) is 0 Å². The second-order valence-electron chi connectivity index (χ2n) is 16.9. The highest BCUT2D eigenvalue weighted by Gasteiger charge is 2.57. The van der Waals surface area contributed by atoms with Gasteiger partial charge in [-0.1, -0.05) is 44.2 Å². The van der Waals surface area contributed by atoms with E-state index in [1.165, 1.54) is 7.11 Å². The summed E-state index contributed by atoms with van der Waals surface area (Å²) in [5.74, 6) is 2.36. The van der Waals surface area contributed by atoms with E-state index in [9.17, 15) is 14.4 Å². The van der Waals surface area contributed by atoms with Crippen LogP contribution in [0, 0.1) is 17.8 Å². The summed E-state index contributed by atoms with van der Waals surface area (Å²) in [6, 6.07) is 18.6.